The molecule has 3 aliphatic rings. The first-order chi connectivity index (χ1) is 20.9. The molecule has 0 spiro atoms. The lowest BCUT2D eigenvalue weighted by atomic mass is 9.94. The van der Waals surface area contributed by atoms with Gasteiger partial charge in [0.2, 0.25) is 5.82 Å². The minimum absolute atomic E-state index is 0.0338. The number of aromatic hydroxyl groups is 1. The largest absolute Gasteiger partial charge is 0.508 e. The van der Waals surface area contributed by atoms with Crippen LogP contribution in [0.1, 0.15) is 38.4 Å². The van der Waals surface area contributed by atoms with Crippen LogP contribution in [0.5, 0.6) is 5.75 Å². The molecule has 2 aromatic carbocycles. The number of pyridine rings is 1. The van der Waals surface area contributed by atoms with Crippen LogP contribution >= 0.6 is 11.8 Å². The molecule has 3 fully saturated rings. The van der Waals surface area contributed by atoms with Crippen molar-refractivity contribution >= 4 is 39.3 Å². The molecule has 3 atom stereocenters. The summed E-state index contributed by atoms with van der Waals surface area (Å²) in [5.41, 5.74) is 0.235. The molecule has 0 aliphatic carbocycles. The number of aromatic nitrogens is 3. The predicted octanol–water partition coefficient (Wildman–Crippen LogP) is 5.53. The molecular weight excluding hydrogens is 566 g/mol. The summed E-state index contributed by atoms with van der Waals surface area (Å²) in [6.07, 6.45) is 5.82. The Labute approximate surface area is 254 Å². The van der Waals surface area contributed by atoms with E-state index in [1.54, 1.807) is 30.1 Å². The van der Waals surface area contributed by atoms with Gasteiger partial charge in [-0.3, -0.25) is 9.88 Å². The van der Waals surface area contributed by atoms with E-state index in [4.69, 9.17) is 4.98 Å². The Morgan fingerprint density at radius 1 is 1.21 bits per heavy atom. The van der Waals surface area contributed by atoms with Crippen molar-refractivity contribution in [2.45, 2.75) is 55.3 Å². The van der Waals surface area contributed by atoms with Crippen LogP contribution in [0.15, 0.2) is 41.4 Å². The maximum Gasteiger partial charge on any atom is 0.207 e. The summed E-state index contributed by atoms with van der Waals surface area (Å²) in [6.45, 7) is 5.57. The Bertz CT molecular complexity index is 1790. The van der Waals surface area contributed by atoms with E-state index in [9.17, 15) is 9.50 Å². The van der Waals surface area contributed by atoms with Gasteiger partial charge < -0.3 is 15.3 Å². The first-order valence-electron chi connectivity index (χ1n) is 15.0. The van der Waals surface area contributed by atoms with Gasteiger partial charge in [-0.1, -0.05) is 25.0 Å². The van der Waals surface area contributed by atoms with Crippen LogP contribution in [-0.4, -0.2) is 81.7 Å². The summed E-state index contributed by atoms with van der Waals surface area (Å²) in [7, 11) is 0. The molecule has 2 N–H and O–H groups in total. The topological polar surface area (TPSA) is 77.4 Å². The minimum Gasteiger partial charge on any atom is -0.508 e. The first kappa shape index (κ1) is 28.3. The average molecular weight is 601 g/mol. The molecule has 7 nitrogen and oxygen atoms in total. The average Bonchev–Trinajstić information content (AvgIpc) is 3.55. The summed E-state index contributed by atoms with van der Waals surface area (Å²) in [6, 6.07) is 9.31. The number of phenols is 1. The quantitative estimate of drug-likeness (QED) is 0.234. The SMILES string of the molecule is CC[C@H]1CN(c2nc(C#C[C@@]34CCCN3C[C@H](F)C4)nc3c(F)c(-c4cc(O)cc5cccc(SC)c45)ncc23)CCN1. The van der Waals surface area contributed by atoms with Gasteiger partial charge in [0.25, 0.3) is 0 Å². The highest BCUT2D eigenvalue weighted by Crippen LogP contribution is 2.41. The molecule has 0 unspecified atom stereocenters. The number of nitrogens with one attached hydrogen (secondary N) is 1. The van der Waals surface area contributed by atoms with E-state index in [0.29, 0.717) is 42.8 Å². The molecule has 2 aromatic heterocycles. The van der Waals surface area contributed by atoms with Gasteiger partial charge in [0.1, 0.15) is 28.9 Å². The van der Waals surface area contributed by atoms with Crippen molar-refractivity contribution in [3.8, 4) is 28.8 Å². The van der Waals surface area contributed by atoms with Crippen molar-refractivity contribution in [1.82, 2.24) is 25.2 Å². The standard InChI is InChI=1S/C33H34F2N6OS/c1-3-22-19-40(13-11-36-22)32-25-17-37-30(24-15-23(42)14-20-6-4-7-26(43-2)28(20)24)29(35)31(25)38-27(39-32)8-10-33-9-5-12-41(33)18-21(34)16-33/h4,6-7,14-15,17,21-22,36,42H,3,5,9,11-13,16,18-19H2,1-2H3/t21-,22+,33-/m1/s1. The van der Waals surface area contributed by atoms with E-state index in [0.717, 1.165) is 48.0 Å². The third-order valence-corrected chi connectivity index (χ3v) is 9.90. The van der Waals surface area contributed by atoms with Crippen LogP contribution in [0, 0.1) is 17.7 Å². The van der Waals surface area contributed by atoms with E-state index >= 15 is 4.39 Å². The van der Waals surface area contributed by atoms with Gasteiger partial charge in [-0.25, -0.2) is 18.7 Å². The molecule has 0 bridgehead atoms. The number of rotatable bonds is 4. The number of anilines is 1. The summed E-state index contributed by atoms with van der Waals surface area (Å²) >= 11 is 1.56. The lowest BCUT2D eigenvalue weighted by molar-refractivity contribution is 0.255. The second-order valence-electron chi connectivity index (χ2n) is 11.7. The maximum absolute atomic E-state index is 16.7. The highest BCUT2D eigenvalue weighted by atomic mass is 32.2. The van der Waals surface area contributed by atoms with E-state index in [1.807, 2.05) is 24.5 Å². The van der Waals surface area contributed by atoms with Crippen molar-refractivity contribution in [3.05, 3.63) is 48.2 Å². The van der Waals surface area contributed by atoms with Crippen molar-refractivity contribution in [2.24, 2.45) is 0 Å². The van der Waals surface area contributed by atoms with Gasteiger partial charge in [0, 0.05) is 60.7 Å². The van der Waals surface area contributed by atoms with Crippen molar-refractivity contribution in [3.63, 3.8) is 0 Å². The molecular formula is C33H34F2N6OS. The molecule has 43 heavy (non-hydrogen) atoms. The van der Waals surface area contributed by atoms with E-state index in [-0.39, 0.29) is 28.8 Å². The van der Waals surface area contributed by atoms with Gasteiger partial charge in [0.15, 0.2) is 5.82 Å². The second-order valence-corrected chi connectivity index (χ2v) is 12.6. The van der Waals surface area contributed by atoms with Gasteiger partial charge in [-0.05, 0) is 61.6 Å². The number of benzene rings is 2. The maximum atomic E-state index is 16.7. The Hall–Kier alpha value is -3.52. The fourth-order valence-electron chi connectivity index (χ4n) is 7.02. The zero-order chi connectivity index (χ0) is 29.7. The number of piperazine rings is 1. The molecule has 0 radical (unpaired) electrons. The van der Waals surface area contributed by atoms with Crippen LogP contribution in [0.2, 0.25) is 0 Å². The number of alkyl halides is 1. The van der Waals surface area contributed by atoms with Gasteiger partial charge in [0.05, 0.1) is 10.9 Å². The minimum atomic E-state index is -0.899. The predicted molar refractivity (Wildman–Crippen MR) is 168 cm³/mol. The molecule has 7 rings (SSSR count). The Balaban J connectivity index is 1.42. The fourth-order valence-corrected chi connectivity index (χ4v) is 7.67. The molecule has 10 heteroatoms. The molecule has 0 amide bonds. The summed E-state index contributed by atoms with van der Waals surface area (Å²) in [5.74, 6) is 6.77. The third kappa shape index (κ3) is 4.97. The number of hydrogen-bond donors (Lipinski definition) is 2. The van der Waals surface area contributed by atoms with E-state index in [1.165, 1.54) is 0 Å². The summed E-state index contributed by atoms with van der Waals surface area (Å²) in [4.78, 5) is 19.4. The normalized spacial score (nSPS) is 24.0. The summed E-state index contributed by atoms with van der Waals surface area (Å²) in [5, 5.41) is 16.2. The smallest absolute Gasteiger partial charge is 0.207 e. The zero-order valence-electron chi connectivity index (χ0n) is 24.3. The van der Waals surface area contributed by atoms with Crippen molar-refractivity contribution in [1.29, 1.82) is 0 Å². The molecule has 222 valence electrons. The van der Waals surface area contributed by atoms with Gasteiger partial charge in [-0.15, -0.1) is 11.8 Å². The van der Waals surface area contributed by atoms with Crippen LogP contribution in [0.25, 0.3) is 32.9 Å². The lowest BCUT2D eigenvalue weighted by Gasteiger charge is -2.34. The van der Waals surface area contributed by atoms with Crippen molar-refractivity contribution < 1.29 is 13.9 Å². The molecule has 5 heterocycles. The molecule has 0 saturated carbocycles. The highest BCUT2D eigenvalue weighted by molar-refractivity contribution is 7.98. The van der Waals surface area contributed by atoms with Crippen LogP contribution < -0.4 is 10.2 Å². The number of phenolic OH excluding ortho intramolecular Hbond substituents is 1. The Morgan fingerprint density at radius 2 is 2.09 bits per heavy atom. The summed E-state index contributed by atoms with van der Waals surface area (Å²) < 4.78 is 31.2. The molecule has 3 aliphatic heterocycles. The second kappa shape index (κ2) is 11.2. The number of thioether (sulfide) groups is 1. The van der Waals surface area contributed by atoms with E-state index < -0.39 is 17.5 Å². The number of nitrogens with zero attached hydrogens (tertiary/aromatic N) is 5. The third-order valence-electron chi connectivity index (χ3n) is 9.12. The van der Waals surface area contributed by atoms with Crippen molar-refractivity contribution in [2.75, 3.05) is 43.9 Å². The van der Waals surface area contributed by atoms with Crippen LogP contribution in [-0.2, 0) is 0 Å². The number of hydrogen-bond acceptors (Lipinski definition) is 8. The van der Waals surface area contributed by atoms with Gasteiger partial charge >= 0.3 is 0 Å². The molecule has 4 aromatic rings. The Kier molecular flexibility index (Phi) is 7.36. The van der Waals surface area contributed by atoms with E-state index in [2.05, 4.69) is 43.8 Å². The number of halogens is 2. The fraction of sp³-hybridized carbons (Fsp3) is 0.424. The number of fused-ring (bicyclic) bond motifs is 3. The molecule has 3 saturated heterocycles. The first-order valence-corrected chi connectivity index (χ1v) is 16.2. The van der Waals surface area contributed by atoms with Gasteiger partial charge in [-0.2, -0.15) is 0 Å². The zero-order valence-corrected chi connectivity index (χ0v) is 25.1. The van der Waals surface area contributed by atoms with Crippen LogP contribution in [0.4, 0.5) is 14.6 Å². The Morgan fingerprint density at radius 3 is 2.93 bits per heavy atom. The monoisotopic (exact) mass is 600 g/mol. The van der Waals surface area contributed by atoms with Crippen LogP contribution in [0.3, 0.4) is 0 Å². The highest BCUT2D eigenvalue weighted by Gasteiger charge is 2.47. The lowest BCUT2D eigenvalue weighted by Crippen LogP contribution is -2.50.